The maximum atomic E-state index is 4.64. The molecule has 1 heterocycles. The molecule has 0 aromatic carbocycles. The third-order valence-corrected chi connectivity index (χ3v) is 3.90. The highest BCUT2D eigenvalue weighted by molar-refractivity contribution is 5.80. The summed E-state index contributed by atoms with van der Waals surface area (Å²) in [6, 6.07) is 0.572. The van der Waals surface area contributed by atoms with Gasteiger partial charge in [0, 0.05) is 32.2 Å². The number of guanidine groups is 1. The Morgan fingerprint density at radius 1 is 1.29 bits per heavy atom. The molecule has 0 saturated carbocycles. The lowest BCUT2D eigenvalue weighted by Gasteiger charge is -2.33. The van der Waals surface area contributed by atoms with Gasteiger partial charge in [0.05, 0.1) is 0 Å². The van der Waals surface area contributed by atoms with Crippen LogP contribution in [-0.2, 0) is 0 Å². The van der Waals surface area contributed by atoms with E-state index in [2.05, 4.69) is 53.4 Å². The Bertz CT molecular complexity index is 304. The number of nitrogens with zero attached hydrogens (tertiary/aromatic N) is 2. The smallest absolute Gasteiger partial charge is 0.191 e. The third-order valence-electron chi connectivity index (χ3n) is 3.90. The molecule has 0 atom stereocenters. The molecule has 122 valence electrons. The summed E-state index contributed by atoms with van der Waals surface area (Å²) < 4.78 is 0. The van der Waals surface area contributed by atoms with Gasteiger partial charge in [0.25, 0.3) is 0 Å². The van der Waals surface area contributed by atoms with Gasteiger partial charge >= 0.3 is 0 Å². The van der Waals surface area contributed by atoms with E-state index in [9.17, 15) is 0 Å². The fourth-order valence-corrected chi connectivity index (χ4v) is 2.61. The Hall–Kier alpha value is -1.03. The number of piperidine rings is 1. The molecule has 1 fully saturated rings. The SMILES string of the molecule is C/C=C/CCN=C(NCC)NC1CCN(CCCC)CC1. The van der Waals surface area contributed by atoms with Crippen LogP contribution in [-0.4, -0.2) is 49.6 Å². The molecule has 0 unspecified atom stereocenters. The summed E-state index contributed by atoms with van der Waals surface area (Å²) in [6.45, 7) is 11.9. The zero-order valence-electron chi connectivity index (χ0n) is 14.2. The average molecular weight is 294 g/mol. The van der Waals surface area contributed by atoms with Crippen LogP contribution in [0, 0.1) is 0 Å². The highest BCUT2D eigenvalue weighted by Crippen LogP contribution is 2.11. The molecule has 0 radical (unpaired) electrons. The minimum atomic E-state index is 0.572. The molecule has 1 saturated heterocycles. The van der Waals surface area contributed by atoms with E-state index in [1.165, 1.54) is 45.3 Å². The number of nitrogens with one attached hydrogen (secondary N) is 2. The molecule has 0 aromatic heterocycles. The number of rotatable bonds is 8. The van der Waals surface area contributed by atoms with Crippen molar-refractivity contribution in [1.29, 1.82) is 0 Å². The second-order valence-electron chi connectivity index (χ2n) is 5.73. The molecule has 0 aliphatic carbocycles. The molecule has 1 aliphatic heterocycles. The first kappa shape index (κ1) is 18.0. The van der Waals surface area contributed by atoms with Crippen molar-refractivity contribution in [2.24, 2.45) is 4.99 Å². The minimum absolute atomic E-state index is 0.572. The van der Waals surface area contributed by atoms with Crippen molar-refractivity contribution in [2.45, 2.75) is 58.9 Å². The van der Waals surface area contributed by atoms with Crippen molar-refractivity contribution in [3.63, 3.8) is 0 Å². The van der Waals surface area contributed by atoms with E-state index in [0.717, 1.165) is 25.5 Å². The third kappa shape index (κ3) is 8.10. The summed E-state index contributed by atoms with van der Waals surface area (Å²) in [5.41, 5.74) is 0. The van der Waals surface area contributed by atoms with Crippen molar-refractivity contribution in [3.8, 4) is 0 Å². The van der Waals surface area contributed by atoms with Gasteiger partial charge < -0.3 is 15.5 Å². The van der Waals surface area contributed by atoms with Crippen LogP contribution in [0.15, 0.2) is 17.1 Å². The average Bonchev–Trinajstić information content (AvgIpc) is 2.51. The van der Waals surface area contributed by atoms with Gasteiger partial charge in [-0.05, 0) is 46.1 Å². The first-order valence-electron chi connectivity index (χ1n) is 8.68. The van der Waals surface area contributed by atoms with E-state index in [1.807, 2.05) is 0 Å². The fraction of sp³-hybridized carbons (Fsp3) is 0.824. The number of hydrogen-bond donors (Lipinski definition) is 2. The Labute approximate surface area is 131 Å². The predicted molar refractivity (Wildman–Crippen MR) is 92.9 cm³/mol. The molecule has 0 amide bonds. The minimum Gasteiger partial charge on any atom is -0.357 e. The number of likely N-dealkylation sites (tertiary alicyclic amines) is 1. The van der Waals surface area contributed by atoms with Gasteiger partial charge in [-0.2, -0.15) is 0 Å². The van der Waals surface area contributed by atoms with Gasteiger partial charge in [0.15, 0.2) is 5.96 Å². The number of allylic oxidation sites excluding steroid dienone is 1. The summed E-state index contributed by atoms with van der Waals surface area (Å²) in [4.78, 5) is 7.24. The van der Waals surface area contributed by atoms with Crippen molar-refractivity contribution in [3.05, 3.63) is 12.2 Å². The lowest BCUT2D eigenvalue weighted by atomic mass is 10.0. The lowest BCUT2D eigenvalue weighted by molar-refractivity contribution is 0.203. The maximum Gasteiger partial charge on any atom is 0.191 e. The van der Waals surface area contributed by atoms with Gasteiger partial charge in [-0.1, -0.05) is 25.5 Å². The summed E-state index contributed by atoms with van der Waals surface area (Å²) in [6.07, 6.45) is 10.3. The van der Waals surface area contributed by atoms with Crippen molar-refractivity contribution in [1.82, 2.24) is 15.5 Å². The predicted octanol–water partition coefficient (Wildman–Crippen LogP) is 2.77. The van der Waals surface area contributed by atoms with Gasteiger partial charge in [-0.15, -0.1) is 0 Å². The van der Waals surface area contributed by atoms with Gasteiger partial charge in [-0.3, -0.25) is 4.99 Å². The van der Waals surface area contributed by atoms with Crippen LogP contribution in [0.4, 0.5) is 0 Å². The van der Waals surface area contributed by atoms with Gasteiger partial charge in [-0.25, -0.2) is 0 Å². The van der Waals surface area contributed by atoms with Gasteiger partial charge in [0.1, 0.15) is 0 Å². The van der Waals surface area contributed by atoms with Crippen LogP contribution in [0.3, 0.4) is 0 Å². The summed E-state index contributed by atoms with van der Waals surface area (Å²) in [5, 5.41) is 6.95. The summed E-state index contributed by atoms with van der Waals surface area (Å²) in [7, 11) is 0. The van der Waals surface area contributed by atoms with E-state index < -0.39 is 0 Å². The number of aliphatic imine (C=N–C) groups is 1. The van der Waals surface area contributed by atoms with E-state index in [4.69, 9.17) is 0 Å². The Balaban J connectivity index is 2.32. The van der Waals surface area contributed by atoms with E-state index in [-0.39, 0.29) is 0 Å². The molecule has 0 bridgehead atoms. The first-order valence-corrected chi connectivity index (χ1v) is 8.68. The van der Waals surface area contributed by atoms with Crippen LogP contribution in [0.5, 0.6) is 0 Å². The summed E-state index contributed by atoms with van der Waals surface area (Å²) in [5.74, 6) is 0.981. The second kappa shape index (κ2) is 11.6. The number of unbranched alkanes of at least 4 members (excludes halogenated alkanes) is 1. The van der Waals surface area contributed by atoms with Crippen molar-refractivity contribution in [2.75, 3.05) is 32.7 Å². The van der Waals surface area contributed by atoms with Gasteiger partial charge in [0.2, 0.25) is 0 Å². The molecule has 4 nitrogen and oxygen atoms in total. The zero-order chi connectivity index (χ0) is 15.3. The Morgan fingerprint density at radius 2 is 2.05 bits per heavy atom. The lowest BCUT2D eigenvalue weighted by Crippen LogP contribution is -2.48. The van der Waals surface area contributed by atoms with E-state index in [1.54, 1.807) is 0 Å². The fourth-order valence-electron chi connectivity index (χ4n) is 2.61. The van der Waals surface area contributed by atoms with Crippen molar-refractivity contribution < 1.29 is 0 Å². The maximum absolute atomic E-state index is 4.64. The number of hydrogen-bond acceptors (Lipinski definition) is 2. The molecular weight excluding hydrogens is 260 g/mol. The van der Waals surface area contributed by atoms with Crippen molar-refractivity contribution >= 4 is 5.96 Å². The summed E-state index contributed by atoms with van der Waals surface area (Å²) >= 11 is 0. The Morgan fingerprint density at radius 3 is 2.67 bits per heavy atom. The molecule has 1 aliphatic rings. The van der Waals surface area contributed by atoms with Crippen LogP contribution in [0.1, 0.15) is 52.9 Å². The Kier molecular flexibility index (Phi) is 9.96. The molecule has 0 aromatic rings. The van der Waals surface area contributed by atoms with Crippen LogP contribution >= 0.6 is 0 Å². The highest BCUT2D eigenvalue weighted by Gasteiger charge is 2.19. The van der Waals surface area contributed by atoms with E-state index >= 15 is 0 Å². The molecule has 4 heteroatoms. The molecular formula is C17H34N4. The second-order valence-corrected chi connectivity index (χ2v) is 5.73. The van der Waals surface area contributed by atoms with Crippen LogP contribution in [0.2, 0.25) is 0 Å². The topological polar surface area (TPSA) is 39.7 Å². The first-order chi connectivity index (χ1) is 10.3. The monoisotopic (exact) mass is 294 g/mol. The standard InChI is InChI=1S/C17H34N4/c1-4-7-9-12-19-17(18-6-3)20-16-10-14-21(15-11-16)13-8-5-2/h4,7,16H,5-6,8-15H2,1-3H3,(H2,18,19,20)/b7-4+. The highest BCUT2D eigenvalue weighted by atomic mass is 15.2. The molecule has 1 rings (SSSR count). The zero-order valence-corrected chi connectivity index (χ0v) is 14.2. The van der Waals surface area contributed by atoms with E-state index in [0.29, 0.717) is 6.04 Å². The van der Waals surface area contributed by atoms with Crippen LogP contribution < -0.4 is 10.6 Å². The quantitative estimate of drug-likeness (QED) is 0.313. The van der Waals surface area contributed by atoms with Crippen LogP contribution in [0.25, 0.3) is 0 Å². The molecule has 2 N–H and O–H groups in total. The normalized spacial score (nSPS) is 18.3. The largest absolute Gasteiger partial charge is 0.357 e. The molecule has 0 spiro atoms. The molecule has 21 heavy (non-hydrogen) atoms.